The maximum absolute atomic E-state index is 11.7. The minimum atomic E-state index is -0.345. The summed E-state index contributed by atoms with van der Waals surface area (Å²) in [5.41, 5.74) is 0.521. The van der Waals surface area contributed by atoms with Crippen LogP contribution in [0.25, 0.3) is 0 Å². The number of hydrogen-bond donors (Lipinski definition) is 2. The molecule has 2 N–H and O–H groups in total. The number of phenols is 1. The van der Waals surface area contributed by atoms with Crippen molar-refractivity contribution in [2.75, 3.05) is 6.54 Å². The van der Waals surface area contributed by atoms with Gasteiger partial charge in [-0.1, -0.05) is 19.8 Å². The third-order valence-electron chi connectivity index (χ3n) is 2.47. The van der Waals surface area contributed by atoms with Gasteiger partial charge in [-0.25, -0.2) is 0 Å². The molecule has 1 aromatic rings. The van der Waals surface area contributed by atoms with Gasteiger partial charge in [0, 0.05) is 12.1 Å². The fourth-order valence-electron chi connectivity index (χ4n) is 1.48. The molecule has 0 aliphatic heterocycles. The molecule has 4 heteroatoms. The smallest absolute Gasteiger partial charge is 0.255 e. The molecule has 17 heavy (non-hydrogen) atoms. The van der Waals surface area contributed by atoms with Gasteiger partial charge in [-0.05, 0) is 24.6 Å². The zero-order valence-electron chi connectivity index (χ0n) is 9.90. The van der Waals surface area contributed by atoms with Crippen LogP contribution in [0.3, 0.4) is 0 Å². The Morgan fingerprint density at radius 3 is 2.82 bits per heavy atom. The van der Waals surface area contributed by atoms with Crippen molar-refractivity contribution in [3.8, 4) is 5.75 Å². The second-order valence-corrected chi connectivity index (χ2v) is 3.86. The van der Waals surface area contributed by atoms with Gasteiger partial charge in [0.05, 0.1) is 5.56 Å². The summed E-state index contributed by atoms with van der Waals surface area (Å²) in [5, 5.41) is 12.2. The van der Waals surface area contributed by atoms with E-state index in [1.807, 2.05) is 0 Å². The zero-order chi connectivity index (χ0) is 12.7. The molecule has 1 amide bonds. The molecule has 0 fully saturated rings. The Hall–Kier alpha value is -1.84. The Balaban J connectivity index is 2.64. The first kappa shape index (κ1) is 13.2. The van der Waals surface area contributed by atoms with Gasteiger partial charge in [0.15, 0.2) is 0 Å². The highest BCUT2D eigenvalue weighted by atomic mass is 16.3. The summed E-state index contributed by atoms with van der Waals surface area (Å²) in [5.74, 6) is -0.453. The van der Waals surface area contributed by atoms with E-state index in [1.165, 1.54) is 18.2 Å². The molecule has 0 unspecified atom stereocenters. The first-order valence-electron chi connectivity index (χ1n) is 5.75. The van der Waals surface area contributed by atoms with E-state index in [0.717, 1.165) is 19.3 Å². The van der Waals surface area contributed by atoms with Crippen molar-refractivity contribution in [3.05, 3.63) is 29.3 Å². The van der Waals surface area contributed by atoms with Crippen LogP contribution in [0.5, 0.6) is 5.75 Å². The van der Waals surface area contributed by atoms with Crippen LogP contribution in [0.2, 0.25) is 0 Å². The predicted molar refractivity (Wildman–Crippen MR) is 65.4 cm³/mol. The molecule has 0 aliphatic rings. The number of benzene rings is 1. The molecular weight excluding hydrogens is 218 g/mol. The number of nitrogens with one attached hydrogen (secondary N) is 1. The molecule has 0 bridgehead atoms. The predicted octanol–water partition coefficient (Wildman–Crippen LogP) is 2.12. The minimum Gasteiger partial charge on any atom is -0.507 e. The summed E-state index contributed by atoms with van der Waals surface area (Å²) in [4.78, 5) is 22.3. The molecule has 0 aromatic heterocycles. The van der Waals surface area contributed by atoms with Crippen molar-refractivity contribution in [2.24, 2.45) is 0 Å². The average Bonchev–Trinajstić information content (AvgIpc) is 2.35. The third kappa shape index (κ3) is 3.90. The number of hydrogen-bond acceptors (Lipinski definition) is 3. The molecule has 0 heterocycles. The van der Waals surface area contributed by atoms with Crippen LogP contribution >= 0.6 is 0 Å². The first-order chi connectivity index (χ1) is 8.19. The van der Waals surface area contributed by atoms with E-state index in [0.29, 0.717) is 18.4 Å². The standard InChI is InChI=1S/C13H17NO3/c1-2-3-4-7-14-13(17)11-8-10(9-15)5-6-12(11)16/h5-6,8-9,16H,2-4,7H2,1H3,(H,14,17). The minimum absolute atomic E-state index is 0.108. The van der Waals surface area contributed by atoms with Crippen molar-refractivity contribution in [2.45, 2.75) is 26.2 Å². The van der Waals surface area contributed by atoms with Gasteiger partial charge in [0.25, 0.3) is 5.91 Å². The summed E-state index contributed by atoms with van der Waals surface area (Å²) in [7, 11) is 0. The number of amides is 1. The quantitative estimate of drug-likeness (QED) is 0.586. The van der Waals surface area contributed by atoms with Crippen LogP contribution < -0.4 is 5.32 Å². The van der Waals surface area contributed by atoms with E-state index in [2.05, 4.69) is 12.2 Å². The van der Waals surface area contributed by atoms with Gasteiger partial charge in [0.2, 0.25) is 0 Å². The normalized spacial score (nSPS) is 9.94. The largest absolute Gasteiger partial charge is 0.507 e. The van der Waals surface area contributed by atoms with E-state index < -0.39 is 0 Å². The van der Waals surface area contributed by atoms with Crippen molar-refractivity contribution in [3.63, 3.8) is 0 Å². The Morgan fingerprint density at radius 2 is 2.18 bits per heavy atom. The highest BCUT2D eigenvalue weighted by Gasteiger charge is 2.10. The maximum Gasteiger partial charge on any atom is 0.255 e. The summed E-state index contributed by atoms with van der Waals surface area (Å²) in [6.45, 7) is 2.67. The molecule has 1 rings (SSSR count). The van der Waals surface area contributed by atoms with Crippen LogP contribution in [0.1, 0.15) is 46.9 Å². The van der Waals surface area contributed by atoms with Gasteiger partial charge >= 0.3 is 0 Å². The van der Waals surface area contributed by atoms with Gasteiger partial charge in [-0.2, -0.15) is 0 Å². The number of unbranched alkanes of at least 4 members (excludes halogenated alkanes) is 2. The maximum atomic E-state index is 11.7. The average molecular weight is 235 g/mol. The van der Waals surface area contributed by atoms with Crippen LogP contribution in [-0.4, -0.2) is 23.8 Å². The summed E-state index contributed by atoms with van der Waals surface area (Å²) < 4.78 is 0. The second kappa shape index (κ2) is 6.68. The van der Waals surface area contributed by atoms with Crippen molar-refractivity contribution in [1.29, 1.82) is 0 Å². The van der Waals surface area contributed by atoms with Gasteiger partial charge < -0.3 is 10.4 Å². The number of phenolic OH excluding ortho intramolecular Hbond substituents is 1. The fraction of sp³-hybridized carbons (Fsp3) is 0.385. The highest BCUT2D eigenvalue weighted by Crippen LogP contribution is 2.17. The number of aromatic hydroxyl groups is 1. The molecule has 0 radical (unpaired) electrons. The molecule has 0 aliphatic carbocycles. The number of rotatable bonds is 6. The topological polar surface area (TPSA) is 66.4 Å². The van der Waals surface area contributed by atoms with Crippen molar-refractivity contribution in [1.82, 2.24) is 5.32 Å². The number of carbonyl (C=O) groups excluding carboxylic acids is 2. The number of carbonyl (C=O) groups is 2. The Labute approximate surface area is 101 Å². The van der Waals surface area contributed by atoms with Gasteiger partial charge in [-0.15, -0.1) is 0 Å². The van der Waals surface area contributed by atoms with Gasteiger partial charge in [0.1, 0.15) is 12.0 Å². The monoisotopic (exact) mass is 235 g/mol. The molecule has 0 saturated carbocycles. The van der Waals surface area contributed by atoms with Crippen LogP contribution in [-0.2, 0) is 0 Å². The second-order valence-electron chi connectivity index (χ2n) is 3.86. The van der Waals surface area contributed by atoms with Crippen LogP contribution in [0.15, 0.2) is 18.2 Å². The molecule has 0 saturated heterocycles. The number of aldehydes is 1. The van der Waals surface area contributed by atoms with E-state index >= 15 is 0 Å². The molecule has 4 nitrogen and oxygen atoms in total. The lowest BCUT2D eigenvalue weighted by molar-refractivity contribution is 0.0950. The van der Waals surface area contributed by atoms with E-state index in [-0.39, 0.29) is 17.2 Å². The van der Waals surface area contributed by atoms with Crippen molar-refractivity contribution < 1.29 is 14.7 Å². The highest BCUT2D eigenvalue weighted by molar-refractivity contribution is 5.98. The first-order valence-corrected chi connectivity index (χ1v) is 5.75. The molecule has 0 atom stereocenters. The van der Waals surface area contributed by atoms with Crippen LogP contribution in [0, 0.1) is 0 Å². The SMILES string of the molecule is CCCCCNC(=O)c1cc(C=O)ccc1O. The van der Waals surface area contributed by atoms with E-state index in [9.17, 15) is 14.7 Å². The van der Waals surface area contributed by atoms with E-state index in [4.69, 9.17) is 0 Å². The molecule has 1 aromatic carbocycles. The van der Waals surface area contributed by atoms with Crippen LogP contribution in [0.4, 0.5) is 0 Å². The lowest BCUT2D eigenvalue weighted by Gasteiger charge is -2.06. The Morgan fingerprint density at radius 1 is 1.41 bits per heavy atom. The summed E-state index contributed by atoms with van der Waals surface area (Å²) in [6, 6.07) is 4.21. The zero-order valence-corrected chi connectivity index (χ0v) is 9.90. The fourth-order valence-corrected chi connectivity index (χ4v) is 1.48. The van der Waals surface area contributed by atoms with Crippen molar-refractivity contribution >= 4 is 12.2 Å². The lowest BCUT2D eigenvalue weighted by Crippen LogP contribution is -2.24. The summed E-state index contributed by atoms with van der Waals surface area (Å²) >= 11 is 0. The van der Waals surface area contributed by atoms with Gasteiger partial charge in [-0.3, -0.25) is 9.59 Å². The lowest BCUT2D eigenvalue weighted by atomic mass is 10.1. The molecular formula is C13H17NO3. The molecule has 92 valence electrons. The third-order valence-corrected chi connectivity index (χ3v) is 2.47. The summed E-state index contributed by atoms with van der Waals surface area (Å²) in [6.07, 6.45) is 3.70. The Bertz CT molecular complexity index is 402. The van der Waals surface area contributed by atoms with E-state index in [1.54, 1.807) is 0 Å². The molecule has 0 spiro atoms. The Kier molecular flexibility index (Phi) is 5.20.